The van der Waals surface area contributed by atoms with Crippen LogP contribution in [-0.4, -0.2) is 17.9 Å². The largest absolute Gasteiger partial charge is 0.340 e. The van der Waals surface area contributed by atoms with Gasteiger partial charge in [0.1, 0.15) is 11.9 Å². The van der Waals surface area contributed by atoms with Gasteiger partial charge in [0.25, 0.3) is 5.91 Å². The SMILES string of the molecule is CCc1ccccc1NC(=O)[C@@H](C)NC(=O)c1ccccc1F. The highest BCUT2D eigenvalue weighted by molar-refractivity contribution is 6.01. The van der Waals surface area contributed by atoms with Crippen molar-refractivity contribution in [3.8, 4) is 0 Å². The summed E-state index contributed by atoms with van der Waals surface area (Å²) >= 11 is 0. The third-order valence-corrected chi connectivity index (χ3v) is 3.52. The van der Waals surface area contributed by atoms with Crippen molar-refractivity contribution in [2.24, 2.45) is 0 Å². The molecule has 1 atom stereocenters. The first-order chi connectivity index (χ1) is 11.0. The molecule has 0 aliphatic carbocycles. The summed E-state index contributed by atoms with van der Waals surface area (Å²) in [5.41, 5.74) is 1.64. The summed E-state index contributed by atoms with van der Waals surface area (Å²) in [6.07, 6.45) is 0.784. The molecule has 2 N–H and O–H groups in total. The smallest absolute Gasteiger partial charge is 0.254 e. The second-order valence-electron chi connectivity index (χ2n) is 5.17. The molecule has 0 aromatic heterocycles. The second kappa shape index (κ2) is 7.54. The molecular weight excluding hydrogens is 295 g/mol. The fourth-order valence-electron chi connectivity index (χ4n) is 2.18. The molecule has 0 saturated heterocycles. The van der Waals surface area contributed by atoms with Gasteiger partial charge in [-0.15, -0.1) is 0 Å². The van der Waals surface area contributed by atoms with E-state index in [4.69, 9.17) is 0 Å². The topological polar surface area (TPSA) is 58.2 Å². The van der Waals surface area contributed by atoms with Crippen LogP contribution in [0.4, 0.5) is 10.1 Å². The van der Waals surface area contributed by atoms with Crippen LogP contribution in [0.15, 0.2) is 48.5 Å². The number of hydrogen-bond acceptors (Lipinski definition) is 2. The van der Waals surface area contributed by atoms with Gasteiger partial charge in [0, 0.05) is 5.69 Å². The number of amides is 2. The fraction of sp³-hybridized carbons (Fsp3) is 0.222. The van der Waals surface area contributed by atoms with Crippen LogP contribution in [-0.2, 0) is 11.2 Å². The van der Waals surface area contributed by atoms with E-state index in [0.717, 1.165) is 12.0 Å². The monoisotopic (exact) mass is 314 g/mol. The quantitative estimate of drug-likeness (QED) is 0.891. The van der Waals surface area contributed by atoms with Crippen molar-refractivity contribution in [2.75, 3.05) is 5.32 Å². The van der Waals surface area contributed by atoms with Gasteiger partial charge in [-0.2, -0.15) is 0 Å². The van der Waals surface area contributed by atoms with Gasteiger partial charge in [-0.25, -0.2) is 4.39 Å². The van der Waals surface area contributed by atoms with Crippen LogP contribution >= 0.6 is 0 Å². The first kappa shape index (κ1) is 16.7. The van der Waals surface area contributed by atoms with Crippen LogP contribution in [0.1, 0.15) is 29.8 Å². The molecule has 2 rings (SSSR count). The zero-order valence-electron chi connectivity index (χ0n) is 13.1. The molecule has 0 aliphatic heterocycles. The molecule has 4 nitrogen and oxygen atoms in total. The Kier molecular flexibility index (Phi) is 5.46. The molecule has 120 valence electrons. The molecule has 2 aromatic rings. The number of rotatable bonds is 5. The molecule has 0 fully saturated rings. The molecule has 0 aliphatic rings. The minimum Gasteiger partial charge on any atom is -0.340 e. The van der Waals surface area contributed by atoms with Gasteiger partial charge in [-0.05, 0) is 37.1 Å². The van der Waals surface area contributed by atoms with Crippen LogP contribution in [0.25, 0.3) is 0 Å². The van der Waals surface area contributed by atoms with Gasteiger partial charge >= 0.3 is 0 Å². The first-order valence-corrected chi connectivity index (χ1v) is 7.47. The van der Waals surface area contributed by atoms with Crippen molar-refractivity contribution < 1.29 is 14.0 Å². The van der Waals surface area contributed by atoms with Crippen molar-refractivity contribution in [3.63, 3.8) is 0 Å². The van der Waals surface area contributed by atoms with Crippen molar-refractivity contribution >= 4 is 17.5 Å². The van der Waals surface area contributed by atoms with E-state index in [2.05, 4.69) is 10.6 Å². The highest BCUT2D eigenvalue weighted by atomic mass is 19.1. The summed E-state index contributed by atoms with van der Waals surface area (Å²) in [7, 11) is 0. The van der Waals surface area contributed by atoms with Gasteiger partial charge in [0.2, 0.25) is 5.91 Å². The standard InChI is InChI=1S/C18H19FN2O2/c1-3-13-8-4-7-11-16(13)21-17(22)12(2)20-18(23)14-9-5-6-10-15(14)19/h4-12H,3H2,1-2H3,(H,20,23)(H,21,22)/t12-/m1/s1. The Labute approximate surface area is 134 Å². The average molecular weight is 314 g/mol. The van der Waals surface area contributed by atoms with Gasteiger partial charge in [-0.3, -0.25) is 9.59 Å². The molecule has 2 amide bonds. The van der Waals surface area contributed by atoms with Gasteiger partial charge in [-0.1, -0.05) is 37.3 Å². The maximum Gasteiger partial charge on any atom is 0.254 e. The minimum absolute atomic E-state index is 0.0823. The number of carbonyl (C=O) groups excluding carboxylic acids is 2. The predicted octanol–water partition coefficient (Wildman–Crippen LogP) is 3.15. The highest BCUT2D eigenvalue weighted by Gasteiger charge is 2.19. The first-order valence-electron chi connectivity index (χ1n) is 7.47. The lowest BCUT2D eigenvalue weighted by Crippen LogP contribution is -2.42. The van der Waals surface area contributed by atoms with Crippen LogP contribution in [0.5, 0.6) is 0 Å². The molecule has 2 aromatic carbocycles. The number of hydrogen-bond donors (Lipinski definition) is 2. The molecule has 0 spiro atoms. The van der Waals surface area contributed by atoms with Crippen LogP contribution in [0.3, 0.4) is 0 Å². The van der Waals surface area contributed by atoms with Crippen molar-refractivity contribution in [2.45, 2.75) is 26.3 Å². The Morgan fingerprint density at radius 2 is 1.74 bits per heavy atom. The summed E-state index contributed by atoms with van der Waals surface area (Å²) in [6, 6.07) is 12.3. The lowest BCUT2D eigenvalue weighted by Gasteiger charge is -2.16. The summed E-state index contributed by atoms with van der Waals surface area (Å²) in [4.78, 5) is 24.2. The maximum absolute atomic E-state index is 13.6. The Morgan fingerprint density at radius 3 is 2.43 bits per heavy atom. The number of aryl methyl sites for hydroxylation is 1. The number of halogens is 1. The predicted molar refractivity (Wildman–Crippen MR) is 87.8 cm³/mol. The zero-order valence-corrected chi connectivity index (χ0v) is 13.1. The summed E-state index contributed by atoms with van der Waals surface area (Å²) < 4.78 is 13.6. The number of carbonyl (C=O) groups is 2. The molecular formula is C18H19FN2O2. The second-order valence-corrected chi connectivity index (χ2v) is 5.17. The third kappa shape index (κ3) is 4.16. The molecule has 0 bridgehead atoms. The van der Waals surface area contributed by atoms with E-state index < -0.39 is 17.8 Å². The molecule has 0 saturated carbocycles. The van der Waals surface area contributed by atoms with E-state index >= 15 is 0 Å². The van der Waals surface area contributed by atoms with Crippen LogP contribution < -0.4 is 10.6 Å². The number of anilines is 1. The lowest BCUT2D eigenvalue weighted by atomic mass is 10.1. The maximum atomic E-state index is 13.6. The molecule has 0 unspecified atom stereocenters. The highest BCUT2D eigenvalue weighted by Crippen LogP contribution is 2.15. The average Bonchev–Trinajstić information content (AvgIpc) is 2.55. The Bertz CT molecular complexity index is 716. The van der Waals surface area contributed by atoms with E-state index in [1.165, 1.54) is 18.2 Å². The van der Waals surface area contributed by atoms with Crippen molar-refractivity contribution in [1.29, 1.82) is 0 Å². The van der Waals surface area contributed by atoms with Gasteiger partial charge in [0.15, 0.2) is 0 Å². The van der Waals surface area contributed by atoms with Crippen LogP contribution in [0.2, 0.25) is 0 Å². The molecule has 23 heavy (non-hydrogen) atoms. The van der Waals surface area contributed by atoms with E-state index in [-0.39, 0.29) is 11.5 Å². The normalized spacial score (nSPS) is 11.6. The van der Waals surface area contributed by atoms with Crippen LogP contribution in [0, 0.1) is 5.82 Å². The van der Waals surface area contributed by atoms with E-state index in [1.54, 1.807) is 13.0 Å². The van der Waals surface area contributed by atoms with Crippen molar-refractivity contribution in [1.82, 2.24) is 5.32 Å². The Morgan fingerprint density at radius 1 is 1.09 bits per heavy atom. The zero-order chi connectivity index (χ0) is 16.8. The van der Waals surface area contributed by atoms with Gasteiger partial charge < -0.3 is 10.6 Å². The van der Waals surface area contributed by atoms with Gasteiger partial charge in [0.05, 0.1) is 5.56 Å². The van der Waals surface area contributed by atoms with E-state index in [1.807, 2.05) is 31.2 Å². The summed E-state index contributed by atoms with van der Waals surface area (Å²) in [5, 5.41) is 5.29. The lowest BCUT2D eigenvalue weighted by molar-refractivity contribution is -0.117. The number of nitrogens with one attached hydrogen (secondary N) is 2. The molecule has 5 heteroatoms. The summed E-state index contributed by atoms with van der Waals surface area (Å²) in [6.45, 7) is 3.55. The Hall–Kier alpha value is -2.69. The fourth-order valence-corrected chi connectivity index (χ4v) is 2.18. The number of para-hydroxylation sites is 1. The van der Waals surface area contributed by atoms with E-state index in [0.29, 0.717) is 5.69 Å². The molecule has 0 heterocycles. The van der Waals surface area contributed by atoms with E-state index in [9.17, 15) is 14.0 Å². The Balaban J connectivity index is 2.03. The third-order valence-electron chi connectivity index (χ3n) is 3.52. The minimum atomic E-state index is -0.785. The molecule has 0 radical (unpaired) electrons. The summed E-state index contributed by atoms with van der Waals surface area (Å²) in [5.74, 6) is -1.58. The number of benzene rings is 2. The van der Waals surface area contributed by atoms with Crippen molar-refractivity contribution in [3.05, 3.63) is 65.5 Å².